The molecular formula is C51H34N2S. The van der Waals surface area contributed by atoms with Crippen LogP contribution in [0.25, 0.3) is 75.7 Å². The summed E-state index contributed by atoms with van der Waals surface area (Å²) in [5.41, 5.74) is 12.7. The van der Waals surface area contributed by atoms with Crippen LogP contribution < -0.4 is 4.90 Å². The van der Waals surface area contributed by atoms with Gasteiger partial charge < -0.3 is 4.90 Å². The maximum Gasteiger partial charge on any atom is 0.124 e. The second kappa shape index (κ2) is 13.6. The highest BCUT2D eigenvalue weighted by Crippen LogP contribution is 2.43. The summed E-state index contributed by atoms with van der Waals surface area (Å²) >= 11 is 1.77. The summed E-state index contributed by atoms with van der Waals surface area (Å²) in [6.07, 6.45) is 0. The van der Waals surface area contributed by atoms with Crippen molar-refractivity contribution in [3.05, 3.63) is 206 Å². The van der Waals surface area contributed by atoms with E-state index in [1.165, 1.54) is 59.6 Å². The van der Waals surface area contributed by atoms with Gasteiger partial charge in [0.15, 0.2) is 0 Å². The van der Waals surface area contributed by atoms with E-state index in [-0.39, 0.29) is 0 Å². The number of anilines is 3. The first-order valence-electron chi connectivity index (χ1n) is 18.3. The molecule has 9 aromatic carbocycles. The van der Waals surface area contributed by atoms with Gasteiger partial charge in [-0.25, -0.2) is 4.98 Å². The molecule has 0 spiro atoms. The van der Waals surface area contributed by atoms with Gasteiger partial charge >= 0.3 is 0 Å². The Balaban J connectivity index is 1.05. The number of hydrogen-bond acceptors (Lipinski definition) is 3. The molecule has 0 saturated carbocycles. The predicted octanol–water partition coefficient (Wildman–Crippen LogP) is 14.7. The molecule has 54 heavy (non-hydrogen) atoms. The average molecular weight is 707 g/mol. The zero-order valence-electron chi connectivity index (χ0n) is 29.4. The topological polar surface area (TPSA) is 16.1 Å². The average Bonchev–Trinajstić information content (AvgIpc) is 3.70. The van der Waals surface area contributed by atoms with Crippen molar-refractivity contribution in [3.8, 4) is 44.0 Å². The van der Waals surface area contributed by atoms with E-state index in [9.17, 15) is 0 Å². The molecule has 254 valence electrons. The third-order valence-electron chi connectivity index (χ3n) is 10.3. The van der Waals surface area contributed by atoms with Crippen molar-refractivity contribution >= 4 is 60.2 Å². The van der Waals surface area contributed by atoms with E-state index in [2.05, 4.69) is 211 Å². The molecule has 2 nitrogen and oxygen atoms in total. The number of nitrogens with zero attached hydrogens (tertiary/aromatic N) is 2. The molecule has 0 fully saturated rings. The predicted molar refractivity (Wildman–Crippen MR) is 231 cm³/mol. The summed E-state index contributed by atoms with van der Waals surface area (Å²) < 4.78 is 1.23. The van der Waals surface area contributed by atoms with E-state index in [0.717, 1.165) is 33.1 Å². The van der Waals surface area contributed by atoms with Gasteiger partial charge in [0.25, 0.3) is 0 Å². The molecule has 0 unspecified atom stereocenters. The molecule has 0 N–H and O–H groups in total. The fourth-order valence-electron chi connectivity index (χ4n) is 7.60. The van der Waals surface area contributed by atoms with Crippen molar-refractivity contribution in [1.29, 1.82) is 0 Å². The van der Waals surface area contributed by atoms with Gasteiger partial charge in [-0.3, -0.25) is 0 Å². The highest BCUT2D eigenvalue weighted by Gasteiger charge is 2.18. The van der Waals surface area contributed by atoms with Crippen LogP contribution >= 0.6 is 11.3 Å². The SMILES string of the molecule is c1ccc(-c2ccc(N(c3ccc(-c4ccc5ccc6c(ccc7nc(-c8ccccc8)sc76)c5c4)cc3)c3ccccc3-c3ccccc3)cc2)cc1. The summed E-state index contributed by atoms with van der Waals surface area (Å²) in [6.45, 7) is 0. The highest BCUT2D eigenvalue weighted by molar-refractivity contribution is 7.22. The maximum absolute atomic E-state index is 5.00. The molecule has 1 heterocycles. The molecular weight excluding hydrogens is 673 g/mol. The Bertz CT molecular complexity index is 2900. The first-order chi connectivity index (χ1) is 26.8. The van der Waals surface area contributed by atoms with Crippen LogP contribution in [-0.2, 0) is 0 Å². The molecule has 0 atom stereocenters. The number of benzene rings is 9. The normalized spacial score (nSPS) is 11.3. The first-order valence-corrected chi connectivity index (χ1v) is 19.1. The van der Waals surface area contributed by atoms with Crippen LogP contribution in [0.3, 0.4) is 0 Å². The van der Waals surface area contributed by atoms with E-state index in [1.807, 2.05) is 0 Å². The van der Waals surface area contributed by atoms with Gasteiger partial charge in [0, 0.05) is 27.9 Å². The molecule has 0 amide bonds. The van der Waals surface area contributed by atoms with E-state index >= 15 is 0 Å². The molecule has 0 bridgehead atoms. The fourth-order valence-corrected chi connectivity index (χ4v) is 8.70. The van der Waals surface area contributed by atoms with Crippen LogP contribution in [-0.4, -0.2) is 4.98 Å². The third-order valence-corrected chi connectivity index (χ3v) is 11.5. The summed E-state index contributed by atoms with van der Waals surface area (Å²) in [4.78, 5) is 7.37. The van der Waals surface area contributed by atoms with E-state index in [4.69, 9.17) is 4.98 Å². The Labute approximate surface area is 318 Å². The Morgan fingerprint density at radius 2 is 0.889 bits per heavy atom. The molecule has 0 aliphatic rings. The van der Waals surface area contributed by atoms with Crippen molar-refractivity contribution in [2.75, 3.05) is 4.90 Å². The largest absolute Gasteiger partial charge is 0.310 e. The Morgan fingerprint density at radius 1 is 0.370 bits per heavy atom. The maximum atomic E-state index is 5.00. The van der Waals surface area contributed by atoms with Gasteiger partial charge in [-0.2, -0.15) is 0 Å². The number of hydrogen-bond donors (Lipinski definition) is 0. The number of fused-ring (bicyclic) bond motifs is 5. The van der Waals surface area contributed by atoms with E-state index in [0.29, 0.717) is 0 Å². The number of aromatic nitrogens is 1. The molecule has 3 heteroatoms. The van der Waals surface area contributed by atoms with Crippen LogP contribution in [0.4, 0.5) is 17.1 Å². The molecule has 0 saturated heterocycles. The molecule has 10 aromatic rings. The van der Waals surface area contributed by atoms with Crippen LogP contribution in [0.15, 0.2) is 206 Å². The zero-order valence-corrected chi connectivity index (χ0v) is 30.2. The van der Waals surface area contributed by atoms with Gasteiger partial charge in [0.05, 0.1) is 15.9 Å². The molecule has 0 aliphatic heterocycles. The minimum Gasteiger partial charge on any atom is -0.310 e. The van der Waals surface area contributed by atoms with Gasteiger partial charge in [-0.05, 0) is 86.4 Å². The number of para-hydroxylation sites is 1. The second-order valence-electron chi connectivity index (χ2n) is 13.6. The Hall–Kier alpha value is -6.81. The minimum absolute atomic E-state index is 1.05. The molecule has 1 aromatic heterocycles. The van der Waals surface area contributed by atoms with Crippen molar-refractivity contribution in [2.45, 2.75) is 0 Å². The second-order valence-corrected chi connectivity index (χ2v) is 14.6. The zero-order chi connectivity index (χ0) is 35.8. The smallest absolute Gasteiger partial charge is 0.124 e. The lowest BCUT2D eigenvalue weighted by Gasteiger charge is -2.28. The first kappa shape index (κ1) is 31.9. The van der Waals surface area contributed by atoms with Gasteiger partial charge in [-0.1, -0.05) is 164 Å². The summed E-state index contributed by atoms with van der Waals surface area (Å²) in [6, 6.07) is 74.1. The van der Waals surface area contributed by atoms with Crippen LogP contribution in [0, 0.1) is 0 Å². The van der Waals surface area contributed by atoms with Crippen molar-refractivity contribution < 1.29 is 0 Å². The molecule has 0 radical (unpaired) electrons. The lowest BCUT2D eigenvalue weighted by molar-refractivity contribution is 1.28. The minimum atomic E-state index is 1.05. The third kappa shape index (κ3) is 5.81. The Morgan fingerprint density at radius 3 is 1.57 bits per heavy atom. The van der Waals surface area contributed by atoms with Crippen molar-refractivity contribution in [2.24, 2.45) is 0 Å². The lowest BCUT2D eigenvalue weighted by atomic mass is 9.96. The Kier molecular flexibility index (Phi) is 8.05. The van der Waals surface area contributed by atoms with Crippen LogP contribution in [0.1, 0.15) is 0 Å². The summed E-state index contributed by atoms with van der Waals surface area (Å²) in [5, 5.41) is 6.04. The number of rotatable bonds is 7. The fraction of sp³-hybridized carbons (Fsp3) is 0. The standard InChI is InChI=1S/C51H34N2S/c1-4-12-35(13-5-1)36-22-27-42(28-23-36)53(49-19-11-10-18-44(49)38-14-6-2-7-15-38)43-29-24-37(25-30-43)41-21-20-39-26-31-46-45(47(39)34-41)32-33-48-50(46)54-51(52-48)40-16-8-3-9-17-40/h1-34H. The van der Waals surface area contributed by atoms with E-state index < -0.39 is 0 Å². The van der Waals surface area contributed by atoms with Gasteiger partial charge in [-0.15, -0.1) is 11.3 Å². The summed E-state index contributed by atoms with van der Waals surface area (Å²) in [7, 11) is 0. The van der Waals surface area contributed by atoms with Crippen molar-refractivity contribution in [1.82, 2.24) is 4.98 Å². The summed E-state index contributed by atoms with van der Waals surface area (Å²) in [5.74, 6) is 0. The van der Waals surface area contributed by atoms with Crippen molar-refractivity contribution in [3.63, 3.8) is 0 Å². The monoisotopic (exact) mass is 706 g/mol. The van der Waals surface area contributed by atoms with Crippen LogP contribution in [0.5, 0.6) is 0 Å². The quantitative estimate of drug-likeness (QED) is 0.153. The van der Waals surface area contributed by atoms with E-state index in [1.54, 1.807) is 11.3 Å². The number of thiazole rings is 1. The lowest BCUT2D eigenvalue weighted by Crippen LogP contribution is -2.11. The van der Waals surface area contributed by atoms with Gasteiger partial charge in [0.1, 0.15) is 5.01 Å². The highest BCUT2D eigenvalue weighted by atomic mass is 32.1. The van der Waals surface area contributed by atoms with Crippen LogP contribution in [0.2, 0.25) is 0 Å². The molecule has 0 aliphatic carbocycles. The molecule has 10 rings (SSSR count). The van der Waals surface area contributed by atoms with Gasteiger partial charge in [0.2, 0.25) is 0 Å².